The summed E-state index contributed by atoms with van der Waals surface area (Å²) in [6.45, 7) is 3.18. The fraction of sp³-hybridized carbons (Fsp3) is 0.333. The maximum Gasteiger partial charge on any atom is 0.191 e. The molecule has 0 saturated carbocycles. The van der Waals surface area contributed by atoms with E-state index in [1.54, 1.807) is 29.7 Å². The number of aliphatic imine (C=N–C) groups is 1. The molecule has 0 spiro atoms. The molecule has 0 aliphatic carbocycles. The number of aryl methyl sites for hydroxylation is 1. The minimum Gasteiger partial charge on any atom is -0.386 e. The van der Waals surface area contributed by atoms with E-state index in [1.165, 1.54) is 10.1 Å². The van der Waals surface area contributed by atoms with E-state index >= 15 is 0 Å². The maximum absolute atomic E-state index is 10.4. The number of aliphatic hydroxyl groups is 1. The van der Waals surface area contributed by atoms with Gasteiger partial charge < -0.3 is 15.7 Å². The number of nitrogens with zero attached hydrogens (tertiary/aromatic N) is 2. The van der Waals surface area contributed by atoms with Crippen molar-refractivity contribution < 1.29 is 5.11 Å². The quantitative estimate of drug-likeness (QED) is 0.458. The van der Waals surface area contributed by atoms with Gasteiger partial charge in [-0.1, -0.05) is 18.2 Å². The Hall–Kier alpha value is -1.96. The fourth-order valence-electron chi connectivity index (χ4n) is 2.51. The number of guanidine groups is 1. The lowest BCUT2D eigenvalue weighted by Crippen LogP contribution is -2.40. The van der Waals surface area contributed by atoms with Crippen LogP contribution in [0.5, 0.6) is 0 Å². The lowest BCUT2D eigenvalue weighted by molar-refractivity contribution is 0.184. The molecular weight excluding hydrogens is 352 g/mol. The Morgan fingerprint density at radius 2 is 2.16 bits per heavy atom. The first-order chi connectivity index (χ1) is 12.2. The van der Waals surface area contributed by atoms with Crippen molar-refractivity contribution in [2.75, 3.05) is 20.1 Å². The molecule has 2 aromatic heterocycles. The first kappa shape index (κ1) is 17.8. The Balaban J connectivity index is 1.48. The molecule has 0 fully saturated rings. The number of nitrogens with one attached hydrogen (secondary N) is 2. The lowest BCUT2D eigenvalue weighted by Gasteiger charge is -2.14. The van der Waals surface area contributed by atoms with Crippen molar-refractivity contribution in [3.63, 3.8) is 0 Å². The molecule has 1 atom stereocenters. The minimum atomic E-state index is -0.558. The molecule has 0 saturated heterocycles. The van der Waals surface area contributed by atoms with Crippen LogP contribution in [0.2, 0.25) is 0 Å². The number of aliphatic hydroxyl groups excluding tert-OH is 1. The van der Waals surface area contributed by atoms with Gasteiger partial charge in [0.15, 0.2) is 5.96 Å². The maximum atomic E-state index is 10.4. The number of benzene rings is 1. The molecule has 0 radical (unpaired) electrons. The van der Waals surface area contributed by atoms with Gasteiger partial charge in [-0.2, -0.15) is 0 Å². The van der Waals surface area contributed by atoms with Gasteiger partial charge in [0.2, 0.25) is 0 Å². The van der Waals surface area contributed by atoms with Crippen molar-refractivity contribution in [2.45, 2.75) is 19.4 Å². The van der Waals surface area contributed by atoms with Crippen LogP contribution >= 0.6 is 22.7 Å². The molecule has 1 aromatic carbocycles. The van der Waals surface area contributed by atoms with Crippen molar-refractivity contribution in [3.05, 3.63) is 51.3 Å². The minimum absolute atomic E-state index is 0.419. The van der Waals surface area contributed by atoms with Crippen molar-refractivity contribution in [3.8, 4) is 0 Å². The third-order valence-corrected chi connectivity index (χ3v) is 5.84. The summed E-state index contributed by atoms with van der Waals surface area (Å²) < 4.78 is 1.19. The number of thiophene rings is 1. The Morgan fingerprint density at radius 3 is 2.88 bits per heavy atom. The summed E-state index contributed by atoms with van der Waals surface area (Å²) in [5.74, 6) is 0.687. The summed E-state index contributed by atoms with van der Waals surface area (Å²) in [5, 5.41) is 21.2. The second-order valence-electron chi connectivity index (χ2n) is 5.69. The molecule has 3 N–H and O–H groups in total. The van der Waals surface area contributed by atoms with E-state index in [2.05, 4.69) is 38.1 Å². The first-order valence-electron chi connectivity index (χ1n) is 8.18. The Labute approximate surface area is 155 Å². The van der Waals surface area contributed by atoms with Crippen LogP contribution in [0.15, 0.2) is 40.7 Å². The van der Waals surface area contributed by atoms with Gasteiger partial charge >= 0.3 is 0 Å². The van der Waals surface area contributed by atoms with Crippen molar-refractivity contribution >= 4 is 38.7 Å². The van der Waals surface area contributed by atoms with Crippen LogP contribution < -0.4 is 10.6 Å². The largest absolute Gasteiger partial charge is 0.386 e. The molecule has 5 nitrogen and oxygen atoms in total. The number of aromatic nitrogens is 1. The molecule has 7 heteroatoms. The Morgan fingerprint density at radius 1 is 1.32 bits per heavy atom. The van der Waals surface area contributed by atoms with Gasteiger partial charge in [0.05, 0.1) is 10.7 Å². The molecular formula is C18H22N4OS2. The van der Waals surface area contributed by atoms with Gasteiger partial charge in [-0.25, -0.2) is 4.98 Å². The van der Waals surface area contributed by atoms with E-state index in [4.69, 9.17) is 0 Å². The molecule has 0 aliphatic heterocycles. The highest BCUT2D eigenvalue weighted by atomic mass is 32.1. The number of thiazole rings is 1. The van der Waals surface area contributed by atoms with E-state index in [0.717, 1.165) is 28.5 Å². The van der Waals surface area contributed by atoms with E-state index < -0.39 is 6.10 Å². The van der Waals surface area contributed by atoms with Gasteiger partial charge in [0.1, 0.15) is 6.10 Å². The summed E-state index contributed by atoms with van der Waals surface area (Å²) in [5.41, 5.74) is 1.09. The van der Waals surface area contributed by atoms with Crippen molar-refractivity contribution in [1.29, 1.82) is 0 Å². The zero-order valence-electron chi connectivity index (χ0n) is 14.3. The van der Waals surface area contributed by atoms with Gasteiger partial charge in [-0.3, -0.25) is 4.99 Å². The molecule has 3 aromatic rings. The zero-order chi connectivity index (χ0) is 17.6. The lowest BCUT2D eigenvalue weighted by atomic mass is 10.2. The molecule has 25 heavy (non-hydrogen) atoms. The predicted molar refractivity (Wildman–Crippen MR) is 107 cm³/mol. The van der Waals surface area contributed by atoms with Gasteiger partial charge in [0.25, 0.3) is 0 Å². The van der Waals surface area contributed by atoms with Gasteiger partial charge in [-0.15, -0.1) is 22.7 Å². The topological polar surface area (TPSA) is 69.5 Å². The van der Waals surface area contributed by atoms with E-state index in [1.807, 2.05) is 25.1 Å². The van der Waals surface area contributed by atoms with Gasteiger partial charge in [-0.05, 0) is 24.4 Å². The highest BCUT2D eigenvalue weighted by Crippen LogP contribution is 2.29. The number of fused-ring (bicyclic) bond motifs is 1. The fourth-order valence-corrected chi connectivity index (χ4v) is 4.21. The summed E-state index contributed by atoms with van der Waals surface area (Å²) in [7, 11) is 1.73. The highest BCUT2D eigenvalue weighted by molar-refractivity contribution is 7.19. The summed E-state index contributed by atoms with van der Waals surface area (Å²) >= 11 is 3.29. The molecule has 0 aliphatic rings. The van der Waals surface area contributed by atoms with Crippen molar-refractivity contribution in [1.82, 2.24) is 15.6 Å². The Kier molecular flexibility index (Phi) is 6.01. The van der Waals surface area contributed by atoms with Gasteiger partial charge in [0, 0.05) is 41.5 Å². The third kappa shape index (κ3) is 4.78. The second kappa shape index (κ2) is 8.42. The van der Waals surface area contributed by atoms with Crippen LogP contribution in [0.3, 0.4) is 0 Å². The summed E-state index contributed by atoms with van der Waals surface area (Å²) in [6, 6.07) is 10.2. The van der Waals surface area contributed by atoms with E-state index in [0.29, 0.717) is 12.5 Å². The predicted octanol–water partition coefficient (Wildman–Crippen LogP) is 3.11. The Bertz CT molecular complexity index is 823. The van der Waals surface area contributed by atoms with Crippen LogP contribution in [0.1, 0.15) is 21.7 Å². The molecule has 0 bridgehead atoms. The van der Waals surface area contributed by atoms with Crippen LogP contribution in [0.25, 0.3) is 10.1 Å². The summed E-state index contributed by atoms with van der Waals surface area (Å²) in [6.07, 6.45) is 0.293. The highest BCUT2D eigenvalue weighted by Gasteiger charge is 2.12. The average molecular weight is 375 g/mol. The smallest absolute Gasteiger partial charge is 0.191 e. The number of hydrogen-bond donors (Lipinski definition) is 3. The summed E-state index contributed by atoms with van der Waals surface area (Å²) in [4.78, 5) is 9.61. The standard InChI is InChI=1S/C18H22N4OS2/c1-12-22-14(11-24-12)7-8-20-18(19-2)21-10-15(23)17-9-13-5-3-4-6-16(13)25-17/h3-6,9,11,15,23H,7-8,10H2,1-2H3,(H2,19,20,21). The molecule has 2 heterocycles. The van der Waals surface area contributed by atoms with E-state index in [9.17, 15) is 5.11 Å². The van der Waals surface area contributed by atoms with Crippen LogP contribution in [-0.4, -0.2) is 36.2 Å². The second-order valence-corrected chi connectivity index (χ2v) is 7.87. The van der Waals surface area contributed by atoms with Crippen LogP contribution in [0.4, 0.5) is 0 Å². The van der Waals surface area contributed by atoms with Crippen molar-refractivity contribution in [2.24, 2.45) is 4.99 Å². The third-order valence-electron chi connectivity index (χ3n) is 3.80. The molecule has 1 unspecified atom stereocenters. The monoisotopic (exact) mass is 374 g/mol. The average Bonchev–Trinajstić information content (AvgIpc) is 3.23. The SMILES string of the molecule is CN=C(NCCc1csc(C)n1)NCC(O)c1cc2ccccc2s1. The van der Waals surface area contributed by atoms with E-state index in [-0.39, 0.29) is 0 Å². The molecule has 132 valence electrons. The zero-order valence-corrected chi connectivity index (χ0v) is 16.0. The molecule has 0 amide bonds. The van der Waals surface area contributed by atoms with Crippen LogP contribution in [0, 0.1) is 6.92 Å². The first-order valence-corrected chi connectivity index (χ1v) is 9.87. The number of rotatable bonds is 6. The number of hydrogen-bond acceptors (Lipinski definition) is 5. The normalized spacial score (nSPS) is 13.2. The molecule has 3 rings (SSSR count). The van der Waals surface area contributed by atoms with Crippen LogP contribution in [-0.2, 0) is 6.42 Å².